The number of hydrogen-bond donors (Lipinski definition) is 1. The van der Waals surface area contributed by atoms with Gasteiger partial charge in [-0.1, -0.05) is 47.5 Å². The minimum atomic E-state index is -0.363. The van der Waals surface area contributed by atoms with Gasteiger partial charge < -0.3 is 10.2 Å². The van der Waals surface area contributed by atoms with Crippen molar-refractivity contribution in [3.8, 4) is 0 Å². The molecule has 1 aliphatic heterocycles. The number of para-hydroxylation sites is 1. The number of rotatable bonds is 2. The van der Waals surface area contributed by atoms with Gasteiger partial charge in [0, 0.05) is 17.9 Å². The van der Waals surface area contributed by atoms with Crippen LogP contribution in [-0.2, 0) is 0 Å². The third-order valence-corrected chi connectivity index (χ3v) is 5.39. The standard InChI is InChI=1S/C16H13Cl2FN2OS/c17-11-5-3-6-12(18)14(11)20-16(22)21-8-9-23-15(21)10-4-1-2-7-13(10)19/h1-7,15H,8-9H2,(H,20,22)/t15-/m0/s1. The van der Waals surface area contributed by atoms with E-state index in [0.29, 0.717) is 27.8 Å². The summed E-state index contributed by atoms with van der Waals surface area (Å²) >= 11 is 13.7. The Morgan fingerprint density at radius 3 is 2.57 bits per heavy atom. The van der Waals surface area contributed by atoms with Gasteiger partial charge in [0.05, 0.1) is 15.7 Å². The maximum Gasteiger partial charge on any atom is 0.323 e. The SMILES string of the molecule is O=C(Nc1c(Cl)cccc1Cl)N1CCS[C@H]1c1ccccc1F. The number of carbonyl (C=O) groups is 1. The van der Waals surface area contributed by atoms with E-state index >= 15 is 0 Å². The van der Waals surface area contributed by atoms with E-state index in [1.165, 1.54) is 17.8 Å². The highest BCUT2D eigenvalue weighted by Gasteiger charge is 2.32. The van der Waals surface area contributed by atoms with Crippen molar-refractivity contribution in [2.75, 3.05) is 17.6 Å². The number of amides is 2. The summed E-state index contributed by atoms with van der Waals surface area (Å²) < 4.78 is 14.0. The van der Waals surface area contributed by atoms with E-state index < -0.39 is 0 Å². The van der Waals surface area contributed by atoms with Crippen LogP contribution in [0.3, 0.4) is 0 Å². The number of nitrogens with zero attached hydrogens (tertiary/aromatic N) is 1. The molecule has 1 aliphatic rings. The topological polar surface area (TPSA) is 32.3 Å². The van der Waals surface area contributed by atoms with Crippen molar-refractivity contribution in [3.63, 3.8) is 0 Å². The molecule has 23 heavy (non-hydrogen) atoms. The lowest BCUT2D eigenvalue weighted by Crippen LogP contribution is -2.34. The molecule has 0 saturated carbocycles. The van der Waals surface area contributed by atoms with Crippen molar-refractivity contribution in [1.29, 1.82) is 0 Å². The molecule has 120 valence electrons. The first-order valence-corrected chi connectivity index (χ1v) is 8.76. The van der Waals surface area contributed by atoms with Crippen molar-refractivity contribution >= 4 is 46.7 Å². The summed E-state index contributed by atoms with van der Waals surface area (Å²) in [6.45, 7) is 0.525. The second-order valence-corrected chi connectivity index (χ2v) is 6.97. The third-order valence-electron chi connectivity index (χ3n) is 3.52. The molecular weight excluding hydrogens is 358 g/mol. The van der Waals surface area contributed by atoms with Gasteiger partial charge in [0.15, 0.2) is 0 Å². The third kappa shape index (κ3) is 3.42. The van der Waals surface area contributed by atoms with Crippen molar-refractivity contribution in [2.45, 2.75) is 5.37 Å². The van der Waals surface area contributed by atoms with E-state index in [-0.39, 0.29) is 17.2 Å². The van der Waals surface area contributed by atoms with E-state index in [9.17, 15) is 9.18 Å². The fourth-order valence-corrected chi connectivity index (χ4v) is 4.18. The van der Waals surface area contributed by atoms with Crippen LogP contribution in [-0.4, -0.2) is 23.2 Å². The molecule has 1 atom stereocenters. The second-order valence-electron chi connectivity index (χ2n) is 4.96. The number of urea groups is 1. The Morgan fingerprint density at radius 1 is 1.17 bits per heavy atom. The van der Waals surface area contributed by atoms with Gasteiger partial charge in [0.1, 0.15) is 11.2 Å². The van der Waals surface area contributed by atoms with Crippen molar-refractivity contribution in [2.24, 2.45) is 0 Å². The molecule has 3 rings (SSSR count). The van der Waals surface area contributed by atoms with Crippen molar-refractivity contribution in [1.82, 2.24) is 4.90 Å². The lowest BCUT2D eigenvalue weighted by Gasteiger charge is -2.25. The summed E-state index contributed by atoms with van der Waals surface area (Å²) in [6.07, 6.45) is 0. The van der Waals surface area contributed by atoms with E-state index in [2.05, 4.69) is 5.32 Å². The van der Waals surface area contributed by atoms with Crippen LogP contribution in [0, 0.1) is 5.82 Å². The average molecular weight is 371 g/mol. The zero-order valence-electron chi connectivity index (χ0n) is 11.9. The van der Waals surface area contributed by atoms with Gasteiger partial charge in [0.2, 0.25) is 0 Å². The molecule has 0 aliphatic carbocycles. The normalized spacial score (nSPS) is 17.3. The first-order valence-electron chi connectivity index (χ1n) is 6.95. The van der Waals surface area contributed by atoms with Crippen LogP contribution in [0.5, 0.6) is 0 Å². The summed E-state index contributed by atoms with van der Waals surface area (Å²) in [4.78, 5) is 14.2. The Labute approximate surface area is 147 Å². The lowest BCUT2D eigenvalue weighted by atomic mass is 10.2. The number of carbonyl (C=O) groups excluding carboxylic acids is 1. The van der Waals surface area contributed by atoms with Crippen LogP contribution >= 0.6 is 35.0 Å². The fourth-order valence-electron chi connectivity index (χ4n) is 2.41. The summed E-state index contributed by atoms with van der Waals surface area (Å²) in [5.74, 6) is 0.420. The number of thioether (sulfide) groups is 1. The predicted octanol–water partition coefficient (Wildman–Crippen LogP) is 5.41. The first-order chi connectivity index (χ1) is 11.1. The van der Waals surface area contributed by atoms with Crippen molar-refractivity contribution in [3.05, 3.63) is 63.9 Å². The summed E-state index contributed by atoms with van der Waals surface area (Å²) in [7, 11) is 0. The average Bonchev–Trinajstić information content (AvgIpc) is 3.01. The Hall–Kier alpha value is -1.43. The zero-order valence-corrected chi connectivity index (χ0v) is 14.3. The Balaban J connectivity index is 1.83. The Morgan fingerprint density at radius 2 is 1.87 bits per heavy atom. The lowest BCUT2D eigenvalue weighted by molar-refractivity contribution is 0.213. The highest BCUT2D eigenvalue weighted by atomic mass is 35.5. The molecule has 0 spiro atoms. The van der Waals surface area contributed by atoms with Crippen LogP contribution in [0.15, 0.2) is 42.5 Å². The van der Waals surface area contributed by atoms with E-state index in [1.54, 1.807) is 41.3 Å². The van der Waals surface area contributed by atoms with Crippen molar-refractivity contribution < 1.29 is 9.18 Å². The smallest absolute Gasteiger partial charge is 0.307 e. The number of halogens is 3. The molecule has 0 radical (unpaired) electrons. The molecule has 0 bridgehead atoms. The highest BCUT2D eigenvalue weighted by Crippen LogP contribution is 2.40. The monoisotopic (exact) mass is 370 g/mol. The Kier molecular flexibility index (Phi) is 4.99. The quantitative estimate of drug-likeness (QED) is 0.765. The molecule has 2 aromatic carbocycles. The molecular formula is C16H13Cl2FN2OS. The molecule has 0 unspecified atom stereocenters. The van der Waals surface area contributed by atoms with Gasteiger partial charge in [-0.2, -0.15) is 0 Å². The fraction of sp³-hybridized carbons (Fsp3) is 0.188. The van der Waals surface area contributed by atoms with Gasteiger partial charge >= 0.3 is 6.03 Å². The molecule has 1 heterocycles. The Bertz CT molecular complexity index is 724. The molecule has 3 nitrogen and oxygen atoms in total. The van der Waals surface area contributed by atoms with Gasteiger partial charge in [-0.25, -0.2) is 9.18 Å². The van der Waals surface area contributed by atoms with Crippen LogP contribution in [0.1, 0.15) is 10.9 Å². The highest BCUT2D eigenvalue weighted by molar-refractivity contribution is 7.99. The number of nitrogens with one attached hydrogen (secondary N) is 1. The van der Waals surface area contributed by atoms with Gasteiger partial charge in [-0.05, 0) is 18.2 Å². The summed E-state index contributed by atoms with van der Waals surface area (Å²) in [6, 6.07) is 11.1. The van der Waals surface area contributed by atoms with Crippen LogP contribution < -0.4 is 5.32 Å². The minimum Gasteiger partial charge on any atom is -0.307 e. The maximum absolute atomic E-state index is 14.0. The molecule has 1 N–H and O–H groups in total. The molecule has 1 saturated heterocycles. The molecule has 1 fully saturated rings. The van der Waals surface area contributed by atoms with E-state index in [0.717, 1.165) is 5.75 Å². The van der Waals surface area contributed by atoms with Gasteiger partial charge in [-0.3, -0.25) is 0 Å². The van der Waals surface area contributed by atoms with Crippen LogP contribution in [0.25, 0.3) is 0 Å². The van der Waals surface area contributed by atoms with E-state index in [1.807, 2.05) is 0 Å². The second kappa shape index (κ2) is 6.99. The molecule has 2 amide bonds. The van der Waals surface area contributed by atoms with Crippen LogP contribution in [0.4, 0.5) is 14.9 Å². The summed E-state index contributed by atoms with van der Waals surface area (Å²) in [5, 5.41) is 3.09. The summed E-state index contributed by atoms with van der Waals surface area (Å²) in [5.41, 5.74) is 0.862. The predicted molar refractivity (Wildman–Crippen MR) is 93.8 cm³/mol. The maximum atomic E-state index is 14.0. The molecule has 2 aromatic rings. The van der Waals surface area contributed by atoms with E-state index in [4.69, 9.17) is 23.2 Å². The molecule has 7 heteroatoms. The molecule has 0 aromatic heterocycles. The zero-order chi connectivity index (χ0) is 16.4. The number of hydrogen-bond acceptors (Lipinski definition) is 2. The van der Waals surface area contributed by atoms with Crippen LogP contribution in [0.2, 0.25) is 10.0 Å². The first kappa shape index (κ1) is 16.4. The number of anilines is 1. The van der Waals surface area contributed by atoms with Gasteiger partial charge in [0.25, 0.3) is 0 Å². The minimum absolute atomic E-state index is 0.319. The largest absolute Gasteiger partial charge is 0.323 e. The number of benzene rings is 2. The van der Waals surface area contributed by atoms with Gasteiger partial charge in [-0.15, -0.1) is 11.8 Å².